The second-order valence-electron chi connectivity index (χ2n) is 4.09. The van der Waals surface area contributed by atoms with Crippen LogP contribution in [-0.4, -0.2) is 35.8 Å². The summed E-state index contributed by atoms with van der Waals surface area (Å²) in [6, 6.07) is 8.55. The first kappa shape index (κ1) is 12.4. The van der Waals surface area contributed by atoms with E-state index in [1.807, 2.05) is 18.2 Å². The Balaban J connectivity index is 2.00. The van der Waals surface area contributed by atoms with Gasteiger partial charge in [0, 0.05) is 6.54 Å². The summed E-state index contributed by atoms with van der Waals surface area (Å²) in [7, 11) is 0. The van der Waals surface area contributed by atoms with Crippen LogP contribution >= 0.6 is 0 Å². The molecule has 0 aromatic heterocycles. The van der Waals surface area contributed by atoms with E-state index in [2.05, 4.69) is 6.58 Å². The number of β-lactam (4-membered cyclic amide) rings is 1. The van der Waals surface area contributed by atoms with Crippen molar-refractivity contribution in [1.29, 1.82) is 0 Å². The predicted octanol–water partition coefficient (Wildman–Crippen LogP) is 1.42. The van der Waals surface area contributed by atoms with Gasteiger partial charge in [0.2, 0.25) is 6.10 Å². The number of likely N-dealkylation sites (tertiary alicyclic amines) is 1. The minimum Gasteiger partial charge on any atom is -0.478 e. The van der Waals surface area contributed by atoms with E-state index in [9.17, 15) is 9.59 Å². The van der Waals surface area contributed by atoms with E-state index in [1.165, 1.54) is 4.90 Å². The Kier molecular flexibility index (Phi) is 3.77. The van der Waals surface area contributed by atoms with E-state index >= 15 is 0 Å². The molecule has 0 saturated carbocycles. The fraction of sp³-hybridized carbons (Fsp3) is 0.286. The average molecular weight is 245 g/mol. The van der Waals surface area contributed by atoms with E-state index in [1.54, 1.807) is 18.2 Å². The minimum atomic E-state index is -0.685. The van der Waals surface area contributed by atoms with E-state index in [0.717, 1.165) is 6.29 Å². The van der Waals surface area contributed by atoms with Gasteiger partial charge in [-0.15, -0.1) is 6.58 Å². The molecule has 1 fully saturated rings. The highest BCUT2D eigenvalue weighted by Gasteiger charge is 2.48. The van der Waals surface area contributed by atoms with Crippen LogP contribution in [0.2, 0.25) is 0 Å². The molecule has 0 unspecified atom stereocenters. The fourth-order valence-corrected chi connectivity index (χ4v) is 1.94. The Morgan fingerprint density at radius 3 is 2.67 bits per heavy atom. The Morgan fingerprint density at radius 1 is 1.33 bits per heavy atom. The lowest BCUT2D eigenvalue weighted by molar-refractivity contribution is -0.164. The molecule has 0 radical (unpaired) electrons. The predicted molar refractivity (Wildman–Crippen MR) is 67.2 cm³/mol. The summed E-state index contributed by atoms with van der Waals surface area (Å²) < 4.78 is 5.53. The molecule has 1 aliphatic heterocycles. The average Bonchev–Trinajstić information content (AvgIpc) is 2.42. The normalized spacial score (nSPS) is 22.2. The number of carbonyl (C=O) groups is 2. The van der Waals surface area contributed by atoms with Gasteiger partial charge >= 0.3 is 0 Å². The molecule has 2 atom stereocenters. The maximum Gasteiger partial charge on any atom is 0.267 e. The van der Waals surface area contributed by atoms with Crippen molar-refractivity contribution in [2.45, 2.75) is 18.6 Å². The summed E-state index contributed by atoms with van der Waals surface area (Å²) in [4.78, 5) is 24.4. The van der Waals surface area contributed by atoms with Crippen LogP contribution in [0.1, 0.15) is 6.42 Å². The Hall–Kier alpha value is -2.10. The van der Waals surface area contributed by atoms with Crippen molar-refractivity contribution in [2.24, 2.45) is 0 Å². The summed E-state index contributed by atoms with van der Waals surface area (Å²) >= 11 is 0. The second kappa shape index (κ2) is 5.49. The highest BCUT2D eigenvalue weighted by atomic mass is 16.5. The number of rotatable bonds is 6. The lowest BCUT2D eigenvalue weighted by Crippen LogP contribution is -2.67. The van der Waals surface area contributed by atoms with Crippen molar-refractivity contribution in [1.82, 2.24) is 4.90 Å². The standard InChI is InChI=1S/C14H15NO3/c1-2-3-9-15-12(10-16)13(14(15)17)18-11-7-5-4-6-8-11/h2,4-8,10,12-13H,1,3,9H2/t12-,13+/m0/s1. The van der Waals surface area contributed by atoms with Crippen LogP contribution in [0.4, 0.5) is 0 Å². The number of ether oxygens (including phenoxy) is 1. The van der Waals surface area contributed by atoms with E-state index < -0.39 is 12.1 Å². The van der Waals surface area contributed by atoms with Crippen LogP contribution in [0.5, 0.6) is 5.75 Å². The Morgan fingerprint density at radius 2 is 2.06 bits per heavy atom. The fourth-order valence-electron chi connectivity index (χ4n) is 1.94. The summed E-state index contributed by atoms with van der Waals surface area (Å²) in [5.41, 5.74) is 0. The van der Waals surface area contributed by atoms with Gasteiger partial charge in [0.1, 0.15) is 18.1 Å². The molecule has 1 heterocycles. The van der Waals surface area contributed by atoms with E-state index in [0.29, 0.717) is 18.7 Å². The molecular formula is C14H15NO3. The highest BCUT2D eigenvalue weighted by molar-refractivity contribution is 5.95. The van der Waals surface area contributed by atoms with Crippen LogP contribution in [0.3, 0.4) is 0 Å². The summed E-state index contributed by atoms with van der Waals surface area (Å²) in [6.45, 7) is 4.11. The van der Waals surface area contributed by atoms with Gasteiger partial charge in [0.15, 0.2) is 0 Å². The van der Waals surface area contributed by atoms with Gasteiger partial charge in [-0.05, 0) is 18.6 Å². The molecule has 1 aliphatic rings. The van der Waals surface area contributed by atoms with Crippen molar-refractivity contribution >= 4 is 12.2 Å². The zero-order valence-corrected chi connectivity index (χ0v) is 9.99. The third kappa shape index (κ3) is 2.27. The molecule has 0 bridgehead atoms. The molecule has 1 saturated heterocycles. The molecule has 2 rings (SSSR count). The van der Waals surface area contributed by atoms with Crippen molar-refractivity contribution in [3.8, 4) is 5.75 Å². The van der Waals surface area contributed by atoms with Crippen LogP contribution in [0, 0.1) is 0 Å². The molecule has 1 aromatic carbocycles. The first-order valence-electron chi connectivity index (χ1n) is 5.86. The molecule has 0 N–H and O–H groups in total. The van der Waals surface area contributed by atoms with Gasteiger partial charge < -0.3 is 14.4 Å². The maximum atomic E-state index is 11.8. The van der Waals surface area contributed by atoms with Gasteiger partial charge in [0.25, 0.3) is 5.91 Å². The Bertz CT molecular complexity index is 444. The third-order valence-electron chi connectivity index (χ3n) is 2.92. The van der Waals surface area contributed by atoms with Crippen molar-refractivity contribution in [3.63, 3.8) is 0 Å². The maximum absolute atomic E-state index is 11.8. The number of hydrogen-bond donors (Lipinski definition) is 0. The number of nitrogens with zero attached hydrogens (tertiary/aromatic N) is 1. The van der Waals surface area contributed by atoms with Crippen LogP contribution in [0.25, 0.3) is 0 Å². The first-order chi connectivity index (χ1) is 8.77. The van der Waals surface area contributed by atoms with Gasteiger partial charge in [0.05, 0.1) is 0 Å². The van der Waals surface area contributed by atoms with Crippen molar-refractivity contribution in [3.05, 3.63) is 43.0 Å². The summed E-state index contributed by atoms with van der Waals surface area (Å²) in [5, 5.41) is 0. The number of carbonyl (C=O) groups excluding carboxylic acids is 2. The molecule has 94 valence electrons. The van der Waals surface area contributed by atoms with Gasteiger partial charge in [-0.3, -0.25) is 4.79 Å². The van der Waals surface area contributed by atoms with Crippen molar-refractivity contribution < 1.29 is 14.3 Å². The SMILES string of the molecule is C=CCCN1C(=O)[C@H](Oc2ccccc2)[C@@H]1C=O. The third-order valence-corrected chi connectivity index (χ3v) is 2.92. The Labute approximate surface area is 106 Å². The lowest BCUT2D eigenvalue weighted by Gasteiger charge is -2.43. The quantitative estimate of drug-likeness (QED) is 0.432. The van der Waals surface area contributed by atoms with Crippen LogP contribution in [-0.2, 0) is 9.59 Å². The molecule has 0 aliphatic carbocycles. The molecular weight excluding hydrogens is 230 g/mol. The summed E-state index contributed by atoms with van der Waals surface area (Å²) in [6.07, 6.45) is 2.47. The van der Waals surface area contributed by atoms with Crippen molar-refractivity contribution in [2.75, 3.05) is 6.54 Å². The number of benzene rings is 1. The molecule has 4 nitrogen and oxygen atoms in total. The second-order valence-corrected chi connectivity index (χ2v) is 4.09. The van der Waals surface area contributed by atoms with Gasteiger partial charge in [-0.25, -0.2) is 0 Å². The number of aldehydes is 1. The first-order valence-corrected chi connectivity index (χ1v) is 5.86. The van der Waals surface area contributed by atoms with E-state index in [-0.39, 0.29) is 5.91 Å². The smallest absolute Gasteiger partial charge is 0.267 e. The zero-order chi connectivity index (χ0) is 13.0. The molecule has 0 spiro atoms. The lowest BCUT2D eigenvalue weighted by atomic mass is 9.99. The van der Waals surface area contributed by atoms with Gasteiger partial charge in [-0.1, -0.05) is 24.3 Å². The van der Waals surface area contributed by atoms with E-state index in [4.69, 9.17) is 4.74 Å². The summed E-state index contributed by atoms with van der Waals surface area (Å²) in [5.74, 6) is 0.462. The molecule has 18 heavy (non-hydrogen) atoms. The molecule has 1 aromatic rings. The zero-order valence-electron chi connectivity index (χ0n) is 9.99. The number of hydrogen-bond acceptors (Lipinski definition) is 3. The molecule has 4 heteroatoms. The number of para-hydroxylation sites is 1. The van der Waals surface area contributed by atoms with Crippen LogP contribution in [0.15, 0.2) is 43.0 Å². The molecule has 1 amide bonds. The minimum absolute atomic E-state index is 0.141. The largest absolute Gasteiger partial charge is 0.478 e. The van der Waals surface area contributed by atoms with Gasteiger partial charge in [-0.2, -0.15) is 0 Å². The highest BCUT2D eigenvalue weighted by Crippen LogP contribution is 2.24. The van der Waals surface area contributed by atoms with Crippen LogP contribution < -0.4 is 4.74 Å². The number of amides is 1. The topological polar surface area (TPSA) is 46.6 Å². The monoisotopic (exact) mass is 245 g/mol.